The van der Waals surface area contributed by atoms with E-state index in [0.717, 1.165) is 6.42 Å². The molecule has 6 heteroatoms. The molecule has 0 amide bonds. The van der Waals surface area contributed by atoms with Gasteiger partial charge in [0.2, 0.25) is 0 Å². The summed E-state index contributed by atoms with van der Waals surface area (Å²) in [6, 6.07) is 0. The minimum Gasteiger partial charge on any atom is -0.394 e. The Morgan fingerprint density at radius 1 is 1.12 bits per heavy atom. The summed E-state index contributed by atoms with van der Waals surface area (Å²) in [5.74, 6) is 0.458. The molecule has 6 nitrogen and oxygen atoms in total. The predicted octanol–water partition coefficient (Wildman–Crippen LogP) is -1.15. The second kappa shape index (κ2) is 6.63. The molecule has 0 bridgehead atoms. The maximum atomic E-state index is 9.64. The number of ether oxygens (including phenoxy) is 2. The van der Waals surface area contributed by atoms with Crippen LogP contribution in [0.3, 0.4) is 0 Å². The van der Waals surface area contributed by atoms with Crippen molar-refractivity contribution in [1.29, 1.82) is 0 Å². The molecule has 1 aliphatic rings. The van der Waals surface area contributed by atoms with Crippen molar-refractivity contribution in [2.24, 2.45) is 5.92 Å². The summed E-state index contributed by atoms with van der Waals surface area (Å²) >= 11 is 0. The van der Waals surface area contributed by atoms with Crippen LogP contribution >= 0.6 is 0 Å². The Balaban J connectivity index is 2.47. The van der Waals surface area contributed by atoms with E-state index in [4.69, 9.17) is 14.6 Å². The van der Waals surface area contributed by atoms with Crippen LogP contribution in [0.15, 0.2) is 0 Å². The Morgan fingerprint density at radius 2 is 1.76 bits per heavy atom. The third kappa shape index (κ3) is 3.87. The lowest BCUT2D eigenvalue weighted by molar-refractivity contribution is -0.301. The molecule has 0 aromatic heterocycles. The molecule has 1 fully saturated rings. The molecular weight excluding hydrogens is 228 g/mol. The summed E-state index contributed by atoms with van der Waals surface area (Å²) < 4.78 is 10.5. The summed E-state index contributed by atoms with van der Waals surface area (Å²) in [4.78, 5) is 0. The van der Waals surface area contributed by atoms with Gasteiger partial charge in [-0.15, -0.1) is 0 Å². The zero-order chi connectivity index (χ0) is 13.0. The second-order valence-electron chi connectivity index (χ2n) is 4.75. The normalized spacial score (nSPS) is 38.6. The van der Waals surface area contributed by atoms with Crippen LogP contribution in [-0.2, 0) is 9.47 Å². The van der Waals surface area contributed by atoms with Gasteiger partial charge in [-0.25, -0.2) is 0 Å². The third-order valence-electron chi connectivity index (χ3n) is 2.83. The first-order valence-corrected chi connectivity index (χ1v) is 5.89. The van der Waals surface area contributed by atoms with Crippen molar-refractivity contribution in [3.63, 3.8) is 0 Å². The zero-order valence-corrected chi connectivity index (χ0v) is 10.2. The largest absolute Gasteiger partial charge is 0.394 e. The standard InChI is InChI=1S/C11H22O6/c1-6(2)3-4-16-11-10(15)9(14)8(13)7(5-12)17-11/h6-15H,3-5H2,1-2H3/t7?,8-,9?,10+,11-/m0/s1. The predicted molar refractivity (Wildman–Crippen MR) is 59.2 cm³/mol. The molecule has 5 atom stereocenters. The fraction of sp³-hybridized carbons (Fsp3) is 1.00. The van der Waals surface area contributed by atoms with Crippen LogP contribution in [0.5, 0.6) is 0 Å². The van der Waals surface area contributed by atoms with Gasteiger partial charge >= 0.3 is 0 Å². The number of aliphatic hydroxyl groups is 4. The van der Waals surface area contributed by atoms with E-state index in [2.05, 4.69) is 0 Å². The molecular formula is C11H22O6. The molecule has 0 saturated carbocycles. The van der Waals surface area contributed by atoms with E-state index in [1.54, 1.807) is 0 Å². The molecule has 0 aliphatic carbocycles. The van der Waals surface area contributed by atoms with Gasteiger partial charge in [-0.05, 0) is 12.3 Å². The third-order valence-corrected chi connectivity index (χ3v) is 2.83. The van der Waals surface area contributed by atoms with E-state index in [0.29, 0.717) is 12.5 Å². The molecule has 0 spiro atoms. The summed E-state index contributed by atoms with van der Waals surface area (Å²) in [6.07, 6.45) is -5.12. The minimum atomic E-state index is -1.37. The smallest absolute Gasteiger partial charge is 0.186 e. The van der Waals surface area contributed by atoms with Crippen molar-refractivity contribution in [3.05, 3.63) is 0 Å². The van der Waals surface area contributed by atoms with E-state index in [-0.39, 0.29) is 0 Å². The fourth-order valence-corrected chi connectivity index (χ4v) is 1.63. The van der Waals surface area contributed by atoms with Gasteiger partial charge in [-0.3, -0.25) is 0 Å². The van der Waals surface area contributed by atoms with Gasteiger partial charge in [-0.1, -0.05) is 13.8 Å². The van der Waals surface area contributed by atoms with Crippen LogP contribution in [0.4, 0.5) is 0 Å². The average molecular weight is 250 g/mol. The molecule has 1 rings (SSSR count). The summed E-state index contributed by atoms with van der Waals surface area (Å²) in [7, 11) is 0. The summed E-state index contributed by atoms with van der Waals surface area (Å²) in [5.41, 5.74) is 0. The SMILES string of the molecule is CC(C)CCO[C@H]1OC(CO)[C@H](O)C(O)[C@H]1O. The van der Waals surface area contributed by atoms with Gasteiger partial charge in [0, 0.05) is 0 Å². The number of hydrogen-bond acceptors (Lipinski definition) is 6. The number of hydrogen-bond donors (Lipinski definition) is 4. The first-order chi connectivity index (χ1) is 7.97. The van der Waals surface area contributed by atoms with Crippen LogP contribution in [-0.4, -0.2) is 64.3 Å². The Labute approximate surface area is 101 Å². The van der Waals surface area contributed by atoms with Gasteiger partial charge in [0.05, 0.1) is 13.2 Å². The highest BCUT2D eigenvalue weighted by Gasteiger charge is 2.43. The maximum Gasteiger partial charge on any atom is 0.186 e. The van der Waals surface area contributed by atoms with Gasteiger partial charge in [0.1, 0.15) is 24.4 Å². The van der Waals surface area contributed by atoms with Crippen LogP contribution in [0.2, 0.25) is 0 Å². The second-order valence-corrected chi connectivity index (χ2v) is 4.75. The van der Waals surface area contributed by atoms with Gasteiger partial charge in [0.25, 0.3) is 0 Å². The highest BCUT2D eigenvalue weighted by atomic mass is 16.7. The monoisotopic (exact) mass is 250 g/mol. The first kappa shape index (κ1) is 14.8. The Kier molecular flexibility index (Phi) is 5.78. The maximum absolute atomic E-state index is 9.64. The molecule has 17 heavy (non-hydrogen) atoms. The Bertz CT molecular complexity index is 220. The van der Waals surface area contributed by atoms with Crippen LogP contribution in [0, 0.1) is 5.92 Å². The molecule has 0 aromatic rings. The van der Waals surface area contributed by atoms with Crippen LogP contribution < -0.4 is 0 Å². The lowest BCUT2D eigenvalue weighted by atomic mass is 9.99. The van der Waals surface area contributed by atoms with E-state index in [1.807, 2.05) is 13.8 Å². The number of aliphatic hydroxyl groups excluding tert-OH is 4. The van der Waals surface area contributed by atoms with Crippen LogP contribution in [0.1, 0.15) is 20.3 Å². The van der Waals surface area contributed by atoms with Gasteiger partial charge < -0.3 is 29.9 Å². The van der Waals surface area contributed by atoms with Crippen LogP contribution in [0.25, 0.3) is 0 Å². The quantitative estimate of drug-likeness (QED) is 0.492. The highest BCUT2D eigenvalue weighted by molar-refractivity contribution is 4.88. The first-order valence-electron chi connectivity index (χ1n) is 5.89. The lowest BCUT2D eigenvalue weighted by Gasteiger charge is -2.39. The van der Waals surface area contributed by atoms with E-state index in [1.165, 1.54) is 0 Å². The van der Waals surface area contributed by atoms with Gasteiger partial charge in [-0.2, -0.15) is 0 Å². The Morgan fingerprint density at radius 3 is 2.29 bits per heavy atom. The molecule has 102 valence electrons. The van der Waals surface area contributed by atoms with Crippen molar-refractivity contribution >= 4 is 0 Å². The Hall–Kier alpha value is -0.240. The van der Waals surface area contributed by atoms with Crippen molar-refractivity contribution in [2.45, 2.75) is 51.0 Å². The molecule has 1 heterocycles. The highest BCUT2D eigenvalue weighted by Crippen LogP contribution is 2.22. The van der Waals surface area contributed by atoms with E-state index in [9.17, 15) is 15.3 Å². The van der Waals surface area contributed by atoms with Gasteiger partial charge in [0.15, 0.2) is 6.29 Å². The van der Waals surface area contributed by atoms with Crippen molar-refractivity contribution in [1.82, 2.24) is 0 Å². The zero-order valence-electron chi connectivity index (χ0n) is 10.2. The average Bonchev–Trinajstić information content (AvgIpc) is 2.29. The van der Waals surface area contributed by atoms with Crippen molar-refractivity contribution < 1.29 is 29.9 Å². The summed E-state index contributed by atoms with van der Waals surface area (Å²) in [5, 5.41) is 37.7. The molecule has 4 N–H and O–H groups in total. The van der Waals surface area contributed by atoms with Crippen molar-refractivity contribution in [3.8, 4) is 0 Å². The lowest BCUT2D eigenvalue weighted by Crippen LogP contribution is -2.59. The summed E-state index contributed by atoms with van der Waals surface area (Å²) in [6.45, 7) is 4.03. The fourth-order valence-electron chi connectivity index (χ4n) is 1.63. The molecule has 1 saturated heterocycles. The van der Waals surface area contributed by atoms with E-state index < -0.39 is 37.3 Å². The molecule has 0 aromatic carbocycles. The minimum absolute atomic E-state index is 0.389. The molecule has 1 aliphatic heterocycles. The van der Waals surface area contributed by atoms with E-state index >= 15 is 0 Å². The molecule has 0 radical (unpaired) electrons. The van der Waals surface area contributed by atoms with Crippen molar-refractivity contribution in [2.75, 3.05) is 13.2 Å². The number of rotatable bonds is 5. The topological polar surface area (TPSA) is 99.4 Å². The molecule has 2 unspecified atom stereocenters.